The molecule has 1 aliphatic heterocycles. The zero-order chi connectivity index (χ0) is 31.8. The number of nitrogens with zero attached hydrogens (tertiary/aromatic N) is 1. The first-order valence-corrected chi connectivity index (χ1v) is 15.8. The molecule has 7 heteroatoms. The van der Waals surface area contributed by atoms with Crippen LogP contribution in [-0.2, 0) is 22.6 Å². The number of likely N-dealkylation sites (N-methyl/N-ethyl adjacent to an activating group) is 1. The second-order valence-electron chi connectivity index (χ2n) is 11.8. The van der Waals surface area contributed by atoms with Crippen molar-refractivity contribution >= 4 is 6.03 Å². The third-order valence-electron chi connectivity index (χ3n) is 8.82. The lowest BCUT2D eigenvalue weighted by Gasteiger charge is -2.43. The minimum atomic E-state index is -0.544. The highest BCUT2D eigenvalue weighted by Gasteiger charge is 2.39. The quantitative estimate of drug-likeness (QED) is 0.169. The zero-order valence-electron chi connectivity index (χ0n) is 26.6. The number of benzene rings is 4. The number of rotatable bonds is 11. The minimum absolute atomic E-state index is 0.00929. The molecule has 0 saturated carbocycles. The van der Waals surface area contributed by atoms with Crippen LogP contribution in [0, 0.1) is 5.92 Å². The van der Waals surface area contributed by atoms with E-state index in [-0.39, 0.29) is 36.8 Å². The number of aliphatic hydroxyl groups is 1. The minimum Gasteiger partial charge on any atom is -0.392 e. The van der Waals surface area contributed by atoms with Crippen molar-refractivity contribution in [3.63, 3.8) is 0 Å². The van der Waals surface area contributed by atoms with Gasteiger partial charge < -0.3 is 25.2 Å². The Morgan fingerprint density at radius 3 is 2.22 bits per heavy atom. The first-order chi connectivity index (χ1) is 21.9. The molecule has 0 bridgehead atoms. The van der Waals surface area contributed by atoms with Crippen molar-refractivity contribution in [1.29, 1.82) is 0 Å². The molecule has 4 aromatic rings. The van der Waals surface area contributed by atoms with E-state index in [1.807, 2.05) is 43.3 Å². The number of carbonyl (C=O) groups is 1. The van der Waals surface area contributed by atoms with Gasteiger partial charge in [-0.1, -0.05) is 110 Å². The average molecular weight is 608 g/mol. The molecule has 1 aliphatic rings. The number of hydrogen-bond acceptors (Lipinski definition) is 5. The van der Waals surface area contributed by atoms with Gasteiger partial charge in [0.15, 0.2) is 6.29 Å². The summed E-state index contributed by atoms with van der Waals surface area (Å²) in [5.74, 6) is 0.0928. The van der Waals surface area contributed by atoms with Gasteiger partial charge in [0, 0.05) is 37.2 Å². The lowest BCUT2D eigenvalue weighted by atomic mass is 9.89. The SMILES string of the molecule is CCNC(=O)NCc1ccccc1-c1ccc([C@@H]2O[C@H](CN(C)[C@@H](C)c3ccccc3)[C@H](C)[C@H](c3ccc(CO)cc3)O2)cc1. The van der Waals surface area contributed by atoms with Gasteiger partial charge in [-0.25, -0.2) is 4.79 Å². The number of amides is 2. The topological polar surface area (TPSA) is 83.1 Å². The third kappa shape index (κ3) is 7.99. The van der Waals surface area contributed by atoms with Crippen molar-refractivity contribution < 1.29 is 19.4 Å². The van der Waals surface area contributed by atoms with Crippen molar-refractivity contribution in [2.24, 2.45) is 5.92 Å². The van der Waals surface area contributed by atoms with Gasteiger partial charge in [0.2, 0.25) is 0 Å². The molecule has 1 heterocycles. The van der Waals surface area contributed by atoms with Crippen LogP contribution in [0.2, 0.25) is 0 Å². The van der Waals surface area contributed by atoms with Crippen LogP contribution in [0.3, 0.4) is 0 Å². The number of nitrogens with one attached hydrogen (secondary N) is 2. The molecule has 236 valence electrons. The molecule has 0 unspecified atom stereocenters. The molecule has 1 fully saturated rings. The number of urea groups is 1. The molecule has 3 N–H and O–H groups in total. The van der Waals surface area contributed by atoms with Crippen molar-refractivity contribution in [3.8, 4) is 11.1 Å². The van der Waals surface area contributed by atoms with Crippen molar-refractivity contribution in [2.45, 2.75) is 58.5 Å². The Bertz CT molecular complexity index is 1510. The predicted octanol–water partition coefficient (Wildman–Crippen LogP) is 7.15. The van der Waals surface area contributed by atoms with E-state index in [0.717, 1.165) is 39.9 Å². The highest BCUT2D eigenvalue weighted by atomic mass is 16.7. The molecule has 4 aromatic carbocycles. The summed E-state index contributed by atoms with van der Waals surface area (Å²) < 4.78 is 13.4. The van der Waals surface area contributed by atoms with E-state index in [9.17, 15) is 9.90 Å². The second-order valence-corrected chi connectivity index (χ2v) is 11.8. The largest absolute Gasteiger partial charge is 0.392 e. The summed E-state index contributed by atoms with van der Waals surface area (Å²) in [6, 6.07) is 35.1. The van der Waals surface area contributed by atoms with E-state index >= 15 is 0 Å². The van der Waals surface area contributed by atoms with Crippen LogP contribution >= 0.6 is 0 Å². The number of hydrogen-bond donors (Lipinski definition) is 3. The van der Waals surface area contributed by atoms with Gasteiger partial charge in [-0.3, -0.25) is 4.90 Å². The van der Waals surface area contributed by atoms with E-state index in [4.69, 9.17) is 9.47 Å². The predicted molar refractivity (Wildman–Crippen MR) is 178 cm³/mol. The van der Waals surface area contributed by atoms with Gasteiger partial charge in [0.1, 0.15) is 0 Å². The van der Waals surface area contributed by atoms with Gasteiger partial charge in [-0.15, -0.1) is 0 Å². The molecule has 0 spiro atoms. The Labute approximate surface area is 267 Å². The summed E-state index contributed by atoms with van der Waals surface area (Å²) in [7, 11) is 2.15. The fourth-order valence-electron chi connectivity index (χ4n) is 5.93. The van der Waals surface area contributed by atoms with E-state index in [2.05, 4.69) is 103 Å². The Morgan fingerprint density at radius 1 is 0.867 bits per heavy atom. The maximum atomic E-state index is 12.0. The summed E-state index contributed by atoms with van der Waals surface area (Å²) in [5.41, 5.74) is 7.32. The summed E-state index contributed by atoms with van der Waals surface area (Å²) in [6.45, 7) is 8.09. The fraction of sp³-hybridized carbons (Fsp3) is 0.342. The van der Waals surface area contributed by atoms with Gasteiger partial charge in [0.05, 0.1) is 18.8 Å². The fourth-order valence-corrected chi connectivity index (χ4v) is 5.93. The molecule has 0 aliphatic carbocycles. The standard InChI is InChI=1S/C38H45N3O4/c1-5-39-38(43)40-23-33-13-9-10-14-34(33)30-19-21-32(22-20-30)37-44-35(24-41(4)27(3)29-11-7-6-8-12-29)26(2)36(45-37)31-17-15-28(25-42)16-18-31/h6-22,26-27,35-37,42H,5,23-25H2,1-4H3,(H2,39,40,43)/t26-,27-,35+,36+,37+/m0/s1. The highest BCUT2D eigenvalue weighted by molar-refractivity contribution is 5.74. The first kappa shape index (κ1) is 32.4. The van der Waals surface area contributed by atoms with Gasteiger partial charge in [-0.2, -0.15) is 0 Å². The van der Waals surface area contributed by atoms with Gasteiger partial charge in [-0.05, 0) is 54.3 Å². The zero-order valence-corrected chi connectivity index (χ0v) is 26.6. The molecule has 2 amide bonds. The van der Waals surface area contributed by atoms with Gasteiger partial charge >= 0.3 is 6.03 Å². The summed E-state index contributed by atoms with van der Waals surface area (Å²) >= 11 is 0. The van der Waals surface area contributed by atoms with Crippen LogP contribution in [0.1, 0.15) is 67.0 Å². The smallest absolute Gasteiger partial charge is 0.315 e. The highest BCUT2D eigenvalue weighted by Crippen LogP contribution is 2.42. The molecular formula is C38H45N3O4. The Morgan fingerprint density at radius 2 is 1.53 bits per heavy atom. The molecule has 1 saturated heterocycles. The van der Waals surface area contributed by atoms with Crippen LogP contribution < -0.4 is 10.6 Å². The van der Waals surface area contributed by atoms with Gasteiger partial charge in [0.25, 0.3) is 0 Å². The maximum Gasteiger partial charge on any atom is 0.315 e. The van der Waals surface area contributed by atoms with E-state index in [1.54, 1.807) is 0 Å². The normalized spacial score (nSPS) is 20.5. The molecule has 7 nitrogen and oxygen atoms in total. The number of carbonyl (C=O) groups excluding carboxylic acids is 1. The molecule has 0 aromatic heterocycles. The Kier molecular flexibility index (Phi) is 11.0. The monoisotopic (exact) mass is 607 g/mol. The summed E-state index contributed by atoms with van der Waals surface area (Å²) in [5, 5.41) is 15.3. The lowest BCUT2D eigenvalue weighted by molar-refractivity contribution is -0.276. The number of ether oxygens (including phenoxy) is 2. The molecular weight excluding hydrogens is 562 g/mol. The molecule has 5 atom stereocenters. The van der Waals surface area contributed by atoms with Crippen LogP contribution in [-0.4, -0.2) is 42.3 Å². The summed E-state index contributed by atoms with van der Waals surface area (Å²) in [6.07, 6.45) is -0.802. The Hall–Kier alpha value is -4.01. The first-order valence-electron chi connectivity index (χ1n) is 15.8. The lowest BCUT2D eigenvalue weighted by Crippen LogP contribution is -2.44. The van der Waals surface area contributed by atoms with Crippen LogP contribution in [0.15, 0.2) is 103 Å². The molecule has 45 heavy (non-hydrogen) atoms. The van der Waals surface area contributed by atoms with Crippen molar-refractivity contribution in [2.75, 3.05) is 20.1 Å². The maximum absolute atomic E-state index is 12.0. The number of aliphatic hydroxyl groups excluding tert-OH is 1. The van der Waals surface area contributed by atoms with Crippen LogP contribution in [0.25, 0.3) is 11.1 Å². The van der Waals surface area contributed by atoms with Crippen molar-refractivity contribution in [3.05, 3.63) is 131 Å². The van der Waals surface area contributed by atoms with Crippen LogP contribution in [0.5, 0.6) is 0 Å². The Balaban J connectivity index is 1.38. The van der Waals surface area contributed by atoms with Crippen molar-refractivity contribution in [1.82, 2.24) is 15.5 Å². The third-order valence-corrected chi connectivity index (χ3v) is 8.82. The van der Waals surface area contributed by atoms with E-state index < -0.39 is 6.29 Å². The van der Waals surface area contributed by atoms with E-state index in [1.165, 1.54) is 5.56 Å². The van der Waals surface area contributed by atoms with Crippen LogP contribution in [0.4, 0.5) is 4.79 Å². The average Bonchev–Trinajstić information content (AvgIpc) is 3.08. The van der Waals surface area contributed by atoms with E-state index in [0.29, 0.717) is 13.1 Å². The second kappa shape index (κ2) is 15.3. The molecule has 0 radical (unpaired) electrons. The summed E-state index contributed by atoms with van der Waals surface area (Å²) in [4.78, 5) is 14.4. The molecule has 5 rings (SSSR count).